The summed E-state index contributed by atoms with van der Waals surface area (Å²) in [4.78, 5) is 20.0. The van der Waals surface area contributed by atoms with Crippen LogP contribution in [0.3, 0.4) is 0 Å². The normalized spacial score (nSPS) is 11.3. The first kappa shape index (κ1) is 16.3. The summed E-state index contributed by atoms with van der Waals surface area (Å²) in [5.74, 6) is 0.0568. The highest BCUT2D eigenvalue weighted by atomic mass is 32.2. The number of hydrogen-bond acceptors (Lipinski definition) is 6. The van der Waals surface area contributed by atoms with Crippen LogP contribution in [0.25, 0.3) is 9.88 Å². The minimum atomic E-state index is 0.0568. The number of thiophene rings is 1. The molecule has 21 heavy (non-hydrogen) atoms. The number of carbonyl (C=O) groups excluding carboxylic acids is 1. The van der Waals surface area contributed by atoms with Crippen molar-refractivity contribution in [2.45, 2.75) is 18.1 Å². The average Bonchev–Trinajstić information content (AvgIpc) is 2.99. The fourth-order valence-electron chi connectivity index (χ4n) is 1.88. The van der Waals surface area contributed by atoms with Crippen molar-refractivity contribution in [3.8, 4) is 9.88 Å². The van der Waals surface area contributed by atoms with Crippen LogP contribution >= 0.6 is 34.4 Å². The van der Waals surface area contributed by atoms with Crippen LogP contribution in [0.15, 0.2) is 21.9 Å². The van der Waals surface area contributed by atoms with E-state index < -0.39 is 0 Å². The van der Waals surface area contributed by atoms with Gasteiger partial charge in [0.25, 0.3) is 0 Å². The summed E-state index contributed by atoms with van der Waals surface area (Å²) in [5.41, 5.74) is 2.87. The van der Waals surface area contributed by atoms with E-state index in [2.05, 4.69) is 4.98 Å². The molecule has 112 valence electrons. The Labute approximate surface area is 137 Å². The second kappa shape index (κ2) is 6.77. The lowest BCUT2D eigenvalue weighted by atomic mass is 10.1. The quantitative estimate of drug-likeness (QED) is 0.457. The second-order valence-electron chi connectivity index (χ2n) is 4.86. The van der Waals surface area contributed by atoms with Gasteiger partial charge in [0.2, 0.25) is 0 Å². The number of carbonyl (C=O) groups is 1. The van der Waals surface area contributed by atoms with Crippen molar-refractivity contribution in [1.82, 2.24) is 9.88 Å². The Morgan fingerprint density at radius 3 is 2.62 bits per heavy atom. The summed E-state index contributed by atoms with van der Waals surface area (Å²) in [6.45, 7) is 4.00. The van der Waals surface area contributed by atoms with Crippen molar-refractivity contribution in [2.24, 2.45) is 0 Å². The molecule has 2 heterocycles. The van der Waals surface area contributed by atoms with Gasteiger partial charge in [-0.2, -0.15) is 0 Å². The molecule has 0 bridgehead atoms. The number of ketones is 1. The highest BCUT2D eigenvalue weighted by molar-refractivity contribution is 8.00. The molecule has 0 aliphatic heterocycles. The molecule has 3 nitrogen and oxygen atoms in total. The Balaban J connectivity index is 2.47. The molecule has 6 heteroatoms. The van der Waals surface area contributed by atoms with Crippen molar-refractivity contribution in [3.05, 3.63) is 34.5 Å². The van der Waals surface area contributed by atoms with Gasteiger partial charge >= 0.3 is 0 Å². The molecule has 2 aromatic heterocycles. The van der Waals surface area contributed by atoms with Gasteiger partial charge in [-0.05, 0) is 25.7 Å². The van der Waals surface area contributed by atoms with Crippen LogP contribution in [0.4, 0.5) is 0 Å². The number of thioether (sulfide) groups is 1. The van der Waals surface area contributed by atoms with Gasteiger partial charge in [0, 0.05) is 37.4 Å². The Kier molecular flexibility index (Phi) is 5.24. The molecular weight excluding hydrogens is 320 g/mol. The molecule has 0 fully saturated rings. The molecule has 0 saturated heterocycles. The van der Waals surface area contributed by atoms with E-state index in [1.807, 2.05) is 44.5 Å². The van der Waals surface area contributed by atoms with Crippen molar-refractivity contribution < 1.29 is 4.79 Å². The molecule has 0 atom stereocenters. The number of aromatic nitrogens is 1. The first-order chi connectivity index (χ1) is 9.93. The smallest absolute Gasteiger partial charge is 0.189 e. The lowest BCUT2D eigenvalue weighted by molar-refractivity contribution is 0.104. The number of allylic oxidation sites excluding steroid dienone is 1. The van der Waals surface area contributed by atoms with E-state index in [4.69, 9.17) is 0 Å². The van der Waals surface area contributed by atoms with Gasteiger partial charge in [-0.25, -0.2) is 4.98 Å². The molecule has 0 aromatic carbocycles. The van der Waals surface area contributed by atoms with Gasteiger partial charge in [-0.1, -0.05) is 0 Å². The summed E-state index contributed by atoms with van der Waals surface area (Å²) >= 11 is 4.91. The summed E-state index contributed by atoms with van der Waals surface area (Å²) in [6.07, 6.45) is 5.43. The minimum Gasteiger partial charge on any atom is -0.383 e. The molecule has 0 aliphatic carbocycles. The number of thiazole rings is 1. The summed E-state index contributed by atoms with van der Waals surface area (Å²) in [6, 6.07) is 0. The number of rotatable bonds is 5. The maximum Gasteiger partial charge on any atom is 0.189 e. The molecule has 0 radical (unpaired) electrons. The third-order valence-corrected chi connectivity index (χ3v) is 6.41. The molecule has 0 saturated carbocycles. The zero-order valence-corrected chi connectivity index (χ0v) is 15.2. The second-order valence-corrected chi connectivity index (χ2v) is 7.81. The third kappa shape index (κ3) is 3.56. The van der Waals surface area contributed by atoms with E-state index >= 15 is 0 Å². The first-order valence-corrected chi connectivity index (χ1v) is 9.35. The lowest BCUT2D eigenvalue weighted by Gasteiger charge is -2.03. The highest BCUT2D eigenvalue weighted by Crippen LogP contribution is 2.42. The zero-order valence-electron chi connectivity index (χ0n) is 12.8. The van der Waals surface area contributed by atoms with Crippen LogP contribution in [0.1, 0.15) is 21.6 Å². The molecule has 2 aromatic rings. The topological polar surface area (TPSA) is 33.2 Å². The molecule has 0 aliphatic rings. The lowest BCUT2D eigenvalue weighted by Crippen LogP contribution is -2.04. The summed E-state index contributed by atoms with van der Waals surface area (Å²) in [7, 11) is 3.81. The Bertz CT molecular complexity index is 683. The van der Waals surface area contributed by atoms with E-state index in [-0.39, 0.29) is 5.78 Å². The fraction of sp³-hybridized carbons (Fsp3) is 0.333. The summed E-state index contributed by atoms with van der Waals surface area (Å²) < 4.78 is 1.06. The van der Waals surface area contributed by atoms with Crippen LogP contribution in [0.5, 0.6) is 0 Å². The molecule has 0 amide bonds. The number of nitrogens with zero attached hydrogens (tertiary/aromatic N) is 2. The average molecular weight is 339 g/mol. The molecule has 0 unspecified atom stereocenters. The predicted molar refractivity (Wildman–Crippen MR) is 93.8 cm³/mol. The first-order valence-electron chi connectivity index (χ1n) is 6.43. The monoisotopic (exact) mass is 338 g/mol. The largest absolute Gasteiger partial charge is 0.383 e. The standard InChI is InChI=1S/C15H18N2OS3/c1-9-8-20-14(16-9)13-10(2)12(15(19-5)21-13)11(18)6-7-17(3)4/h6-8H,1-5H3/b7-6+. The highest BCUT2D eigenvalue weighted by Gasteiger charge is 2.21. The van der Waals surface area contributed by atoms with E-state index in [1.165, 1.54) is 0 Å². The molecular formula is C15H18N2OS3. The predicted octanol–water partition coefficient (Wildman–Crippen LogP) is 4.47. The van der Waals surface area contributed by atoms with E-state index in [9.17, 15) is 4.79 Å². The van der Waals surface area contributed by atoms with Crippen LogP contribution in [-0.2, 0) is 0 Å². The number of aryl methyl sites for hydroxylation is 1. The Morgan fingerprint density at radius 2 is 2.10 bits per heavy atom. The van der Waals surface area contributed by atoms with Crippen molar-refractivity contribution in [2.75, 3.05) is 20.4 Å². The fourth-order valence-corrected chi connectivity index (χ4v) is 4.91. The van der Waals surface area contributed by atoms with E-state index in [0.29, 0.717) is 0 Å². The van der Waals surface area contributed by atoms with Crippen molar-refractivity contribution in [1.29, 1.82) is 0 Å². The maximum absolute atomic E-state index is 12.5. The number of hydrogen-bond donors (Lipinski definition) is 0. The SMILES string of the molecule is CSc1sc(-c2nc(C)cs2)c(C)c1C(=O)/C=C/N(C)C. The van der Waals surface area contributed by atoms with E-state index in [0.717, 1.165) is 30.9 Å². The van der Waals surface area contributed by atoms with E-state index in [1.54, 1.807) is 46.7 Å². The molecule has 0 N–H and O–H groups in total. The van der Waals surface area contributed by atoms with Crippen LogP contribution in [0.2, 0.25) is 0 Å². The van der Waals surface area contributed by atoms with Crippen LogP contribution in [0, 0.1) is 13.8 Å². The van der Waals surface area contributed by atoms with Gasteiger partial charge in [-0.15, -0.1) is 34.4 Å². The maximum atomic E-state index is 12.5. The van der Waals surface area contributed by atoms with Crippen molar-refractivity contribution >= 4 is 40.2 Å². The Hall–Kier alpha value is -1.11. The third-order valence-electron chi connectivity index (χ3n) is 2.88. The van der Waals surface area contributed by atoms with Gasteiger partial charge in [-0.3, -0.25) is 4.79 Å². The van der Waals surface area contributed by atoms with Crippen LogP contribution in [-0.4, -0.2) is 36.0 Å². The van der Waals surface area contributed by atoms with Gasteiger partial charge < -0.3 is 4.90 Å². The van der Waals surface area contributed by atoms with Crippen molar-refractivity contribution in [3.63, 3.8) is 0 Å². The van der Waals surface area contributed by atoms with Gasteiger partial charge in [0.15, 0.2) is 5.78 Å². The van der Waals surface area contributed by atoms with Gasteiger partial charge in [0.1, 0.15) is 5.01 Å². The Morgan fingerprint density at radius 1 is 1.38 bits per heavy atom. The molecule has 2 rings (SSSR count). The van der Waals surface area contributed by atoms with Crippen LogP contribution < -0.4 is 0 Å². The summed E-state index contributed by atoms with van der Waals surface area (Å²) in [5, 5.41) is 3.04. The minimum absolute atomic E-state index is 0.0568. The molecule has 0 spiro atoms. The zero-order chi connectivity index (χ0) is 15.6. The van der Waals surface area contributed by atoms with Gasteiger partial charge in [0.05, 0.1) is 14.6 Å².